The number of thiazole rings is 1. The normalized spacial score (nSPS) is 22.7. The Morgan fingerprint density at radius 3 is 2.59 bits per heavy atom. The van der Waals surface area contributed by atoms with Crippen molar-refractivity contribution in [3.8, 4) is 0 Å². The molecule has 8 heteroatoms. The highest BCUT2D eigenvalue weighted by Crippen LogP contribution is 2.22. The molecule has 22 heavy (non-hydrogen) atoms. The zero-order valence-corrected chi connectivity index (χ0v) is 13.3. The van der Waals surface area contributed by atoms with Gasteiger partial charge in [0.2, 0.25) is 5.91 Å². The van der Waals surface area contributed by atoms with Gasteiger partial charge in [0.1, 0.15) is 0 Å². The fourth-order valence-corrected chi connectivity index (χ4v) is 3.82. The number of nitrogens with two attached hydrogens (primary N) is 1. The van der Waals surface area contributed by atoms with Crippen LogP contribution in [0.4, 0.5) is 9.93 Å². The molecule has 3 heterocycles. The third-order valence-electron chi connectivity index (χ3n) is 4.36. The van der Waals surface area contributed by atoms with Crippen LogP contribution in [0.2, 0.25) is 0 Å². The molecule has 3 amide bonds. The van der Waals surface area contributed by atoms with Crippen molar-refractivity contribution >= 4 is 28.4 Å². The third kappa shape index (κ3) is 3.16. The summed E-state index contributed by atoms with van der Waals surface area (Å²) in [5, 5.41) is 2.98. The molecule has 7 nitrogen and oxygen atoms in total. The first-order valence-corrected chi connectivity index (χ1v) is 8.50. The highest BCUT2D eigenvalue weighted by Gasteiger charge is 2.32. The van der Waals surface area contributed by atoms with E-state index in [-0.39, 0.29) is 11.8 Å². The highest BCUT2D eigenvalue weighted by molar-refractivity contribution is 7.13. The number of primary amides is 1. The first-order valence-electron chi connectivity index (χ1n) is 7.63. The summed E-state index contributed by atoms with van der Waals surface area (Å²) < 4.78 is 0. The molecular weight excluding hydrogens is 302 g/mol. The van der Waals surface area contributed by atoms with Crippen LogP contribution in [-0.4, -0.2) is 66.0 Å². The van der Waals surface area contributed by atoms with Gasteiger partial charge in [-0.1, -0.05) is 0 Å². The predicted molar refractivity (Wildman–Crippen MR) is 84.8 cm³/mol. The molecule has 2 fully saturated rings. The minimum atomic E-state index is -0.425. The van der Waals surface area contributed by atoms with Crippen LogP contribution in [0.5, 0.6) is 0 Å². The summed E-state index contributed by atoms with van der Waals surface area (Å²) in [6.07, 6.45) is 3.49. The average molecular weight is 323 g/mol. The van der Waals surface area contributed by atoms with Crippen LogP contribution in [0.15, 0.2) is 11.6 Å². The lowest BCUT2D eigenvalue weighted by molar-refractivity contribution is -0.137. The second-order valence-corrected chi connectivity index (χ2v) is 6.62. The van der Waals surface area contributed by atoms with Crippen molar-refractivity contribution in [2.45, 2.75) is 12.8 Å². The second kappa shape index (κ2) is 6.51. The van der Waals surface area contributed by atoms with Crippen LogP contribution in [0.1, 0.15) is 12.8 Å². The van der Waals surface area contributed by atoms with Gasteiger partial charge in [0.15, 0.2) is 5.13 Å². The summed E-state index contributed by atoms with van der Waals surface area (Å²) in [6.45, 7) is 4.17. The zero-order chi connectivity index (χ0) is 15.5. The predicted octanol–water partition coefficient (Wildman–Crippen LogP) is 0.582. The molecule has 1 aromatic heterocycles. The van der Waals surface area contributed by atoms with Gasteiger partial charge in [-0.25, -0.2) is 9.78 Å². The minimum absolute atomic E-state index is 0.104. The van der Waals surface area contributed by atoms with Crippen LogP contribution in [0.25, 0.3) is 0 Å². The molecule has 1 atom stereocenters. The number of hydrogen-bond acceptors (Lipinski definition) is 5. The van der Waals surface area contributed by atoms with Crippen LogP contribution < -0.4 is 10.6 Å². The topological polar surface area (TPSA) is 82.8 Å². The Bertz CT molecular complexity index is 527. The molecule has 2 aliphatic rings. The van der Waals surface area contributed by atoms with E-state index in [2.05, 4.69) is 9.88 Å². The van der Waals surface area contributed by atoms with E-state index in [9.17, 15) is 9.59 Å². The van der Waals surface area contributed by atoms with Crippen molar-refractivity contribution in [1.82, 2.24) is 14.8 Å². The Morgan fingerprint density at radius 2 is 1.95 bits per heavy atom. The molecule has 3 rings (SSSR count). The summed E-state index contributed by atoms with van der Waals surface area (Å²) in [5.41, 5.74) is 5.33. The number of aromatic nitrogens is 1. The van der Waals surface area contributed by atoms with Crippen LogP contribution in [0.3, 0.4) is 0 Å². The molecule has 120 valence electrons. The summed E-state index contributed by atoms with van der Waals surface area (Å²) in [4.78, 5) is 33.9. The van der Waals surface area contributed by atoms with E-state index in [1.807, 2.05) is 10.3 Å². The quantitative estimate of drug-likeness (QED) is 0.863. The lowest BCUT2D eigenvalue weighted by Crippen LogP contribution is -2.53. The Morgan fingerprint density at radius 1 is 1.18 bits per heavy atom. The van der Waals surface area contributed by atoms with Crippen molar-refractivity contribution in [3.63, 3.8) is 0 Å². The van der Waals surface area contributed by atoms with Crippen LogP contribution >= 0.6 is 11.3 Å². The summed E-state index contributed by atoms with van der Waals surface area (Å²) in [5.74, 6) is 0.0531. The number of carbonyl (C=O) groups excluding carboxylic acids is 2. The third-order valence-corrected chi connectivity index (χ3v) is 5.20. The lowest BCUT2D eigenvalue weighted by Gasteiger charge is -2.38. The Kier molecular flexibility index (Phi) is 4.47. The minimum Gasteiger partial charge on any atom is -0.351 e. The molecule has 2 aliphatic heterocycles. The molecule has 0 unspecified atom stereocenters. The van der Waals surface area contributed by atoms with Gasteiger partial charge >= 0.3 is 6.03 Å². The molecule has 0 saturated carbocycles. The maximum atomic E-state index is 12.6. The lowest BCUT2D eigenvalue weighted by atomic mass is 9.96. The first-order chi connectivity index (χ1) is 10.6. The Balaban J connectivity index is 1.54. The van der Waals surface area contributed by atoms with E-state index in [1.165, 1.54) is 0 Å². The standard InChI is InChI=1S/C14H21N5O2S/c15-13(21)19-4-1-2-11(10-19)12(20)17-5-7-18(8-6-17)14-16-3-9-22-14/h3,9,11H,1-2,4-8,10H2,(H2,15,21)/t11-/m0/s1. The second-order valence-electron chi connectivity index (χ2n) is 5.75. The Labute approximate surface area is 133 Å². The van der Waals surface area contributed by atoms with Gasteiger partial charge in [-0.05, 0) is 12.8 Å². The summed E-state index contributed by atoms with van der Waals surface area (Å²) in [6, 6.07) is -0.425. The monoisotopic (exact) mass is 323 g/mol. The number of piperazine rings is 1. The van der Waals surface area contributed by atoms with E-state index >= 15 is 0 Å². The average Bonchev–Trinajstić information content (AvgIpc) is 3.09. The van der Waals surface area contributed by atoms with Gasteiger partial charge < -0.3 is 20.4 Å². The highest BCUT2D eigenvalue weighted by atomic mass is 32.1. The number of carbonyl (C=O) groups is 2. The number of amides is 3. The van der Waals surface area contributed by atoms with Crippen molar-refractivity contribution in [2.24, 2.45) is 11.7 Å². The molecule has 1 aromatic rings. The van der Waals surface area contributed by atoms with Crippen LogP contribution in [-0.2, 0) is 4.79 Å². The van der Waals surface area contributed by atoms with Gasteiger partial charge in [0.25, 0.3) is 0 Å². The SMILES string of the molecule is NC(=O)N1CCC[C@H](C(=O)N2CCN(c3nccs3)CC2)C1. The van der Waals surface area contributed by atoms with Gasteiger partial charge in [0.05, 0.1) is 5.92 Å². The first kappa shape index (κ1) is 15.1. The number of rotatable bonds is 2. The number of hydrogen-bond donors (Lipinski definition) is 1. The van der Waals surface area contributed by atoms with E-state index in [1.54, 1.807) is 22.4 Å². The van der Waals surface area contributed by atoms with Crippen LogP contribution in [0, 0.1) is 5.92 Å². The molecule has 0 aromatic carbocycles. The number of nitrogens with zero attached hydrogens (tertiary/aromatic N) is 4. The molecule has 2 saturated heterocycles. The van der Waals surface area contributed by atoms with Crippen molar-refractivity contribution in [3.05, 3.63) is 11.6 Å². The number of piperidine rings is 1. The van der Waals surface area contributed by atoms with Gasteiger partial charge in [-0.3, -0.25) is 4.79 Å². The molecular formula is C14H21N5O2S. The van der Waals surface area contributed by atoms with E-state index in [4.69, 9.17) is 5.73 Å². The smallest absolute Gasteiger partial charge is 0.314 e. The molecule has 0 bridgehead atoms. The largest absolute Gasteiger partial charge is 0.351 e. The maximum absolute atomic E-state index is 12.6. The number of urea groups is 1. The maximum Gasteiger partial charge on any atom is 0.314 e. The van der Waals surface area contributed by atoms with Gasteiger partial charge in [0, 0.05) is 50.8 Å². The fraction of sp³-hybridized carbons (Fsp3) is 0.643. The summed E-state index contributed by atoms with van der Waals surface area (Å²) >= 11 is 1.62. The molecule has 0 aliphatic carbocycles. The van der Waals surface area contributed by atoms with Crippen molar-refractivity contribution in [2.75, 3.05) is 44.2 Å². The van der Waals surface area contributed by atoms with E-state index in [0.717, 1.165) is 31.1 Å². The number of anilines is 1. The van der Waals surface area contributed by atoms with Crippen molar-refractivity contribution in [1.29, 1.82) is 0 Å². The summed E-state index contributed by atoms with van der Waals surface area (Å²) in [7, 11) is 0. The van der Waals surface area contributed by atoms with Gasteiger partial charge in [-0.2, -0.15) is 0 Å². The van der Waals surface area contributed by atoms with E-state index < -0.39 is 6.03 Å². The Hall–Kier alpha value is -1.83. The molecule has 0 spiro atoms. The van der Waals surface area contributed by atoms with Gasteiger partial charge in [-0.15, -0.1) is 11.3 Å². The molecule has 0 radical (unpaired) electrons. The van der Waals surface area contributed by atoms with E-state index in [0.29, 0.717) is 26.2 Å². The fourth-order valence-electron chi connectivity index (χ4n) is 3.13. The van der Waals surface area contributed by atoms with Crippen molar-refractivity contribution < 1.29 is 9.59 Å². The number of likely N-dealkylation sites (tertiary alicyclic amines) is 1. The molecule has 2 N–H and O–H groups in total. The zero-order valence-electron chi connectivity index (χ0n) is 12.5.